The van der Waals surface area contributed by atoms with Crippen LogP contribution >= 0.6 is 11.8 Å². The zero-order valence-electron chi connectivity index (χ0n) is 17.2. The maximum Gasteiger partial charge on any atom is 0.355 e. The molecule has 0 saturated carbocycles. The molecular formula is C22H27NO5S. The lowest BCUT2D eigenvalue weighted by molar-refractivity contribution is -0.161. The Morgan fingerprint density at radius 1 is 1.28 bits per heavy atom. The number of fused-ring (bicyclic) bond motifs is 1. The van der Waals surface area contributed by atoms with E-state index in [0.29, 0.717) is 11.3 Å². The van der Waals surface area contributed by atoms with Crippen LogP contribution < -0.4 is 0 Å². The largest absolute Gasteiger partial charge is 0.455 e. The summed E-state index contributed by atoms with van der Waals surface area (Å²) in [6.07, 6.45) is 0.138. The van der Waals surface area contributed by atoms with Crippen molar-refractivity contribution in [2.24, 2.45) is 5.92 Å². The van der Waals surface area contributed by atoms with Crippen molar-refractivity contribution in [3.05, 3.63) is 47.2 Å². The molecule has 0 spiro atoms. The summed E-state index contributed by atoms with van der Waals surface area (Å²) in [6, 6.07) is 9.49. The Hall–Kier alpha value is -2.12. The van der Waals surface area contributed by atoms with Gasteiger partial charge >= 0.3 is 5.97 Å². The fourth-order valence-electron chi connectivity index (χ4n) is 3.58. The van der Waals surface area contributed by atoms with Crippen LogP contribution in [0.5, 0.6) is 0 Å². The number of amides is 1. The molecule has 0 radical (unpaired) electrons. The van der Waals surface area contributed by atoms with Crippen LogP contribution in [0.2, 0.25) is 0 Å². The Morgan fingerprint density at radius 2 is 1.93 bits per heavy atom. The van der Waals surface area contributed by atoms with Crippen LogP contribution in [0.15, 0.2) is 41.6 Å². The monoisotopic (exact) mass is 417 g/mol. The predicted molar refractivity (Wildman–Crippen MR) is 111 cm³/mol. The van der Waals surface area contributed by atoms with Crippen molar-refractivity contribution in [1.82, 2.24) is 4.90 Å². The van der Waals surface area contributed by atoms with Gasteiger partial charge in [-0.05, 0) is 31.9 Å². The van der Waals surface area contributed by atoms with Crippen molar-refractivity contribution in [2.75, 3.05) is 12.4 Å². The fraction of sp³-hybridized carbons (Fsp3) is 0.500. The Bertz CT molecular complexity index is 843. The van der Waals surface area contributed by atoms with E-state index in [1.54, 1.807) is 20.8 Å². The van der Waals surface area contributed by atoms with Gasteiger partial charge in [0, 0.05) is 18.1 Å². The van der Waals surface area contributed by atoms with Crippen molar-refractivity contribution < 1.29 is 24.2 Å². The normalized spacial score (nSPS) is 22.7. The van der Waals surface area contributed by atoms with Gasteiger partial charge in [-0.3, -0.25) is 14.5 Å². The molecule has 1 fully saturated rings. The number of ether oxygens (including phenoxy) is 1. The molecule has 1 unspecified atom stereocenters. The lowest BCUT2D eigenvalue weighted by Gasteiger charge is -2.50. The first kappa shape index (κ1) is 21.6. The first-order valence-electron chi connectivity index (χ1n) is 9.72. The Kier molecular flexibility index (Phi) is 6.19. The van der Waals surface area contributed by atoms with Gasteiger partial charge < -0.3 is 9.84 Å². The van der Waals surface area contributed by atoms with Crippen molar-refractivity contribution in [3.63, 3.8) is 0 Å². The van der Waals surface area contributed by atoms with E-state index in [4.69, 9.17) is 4.74 Å². The first-order chi connectivity index (χ1) is 13.6. The molecule has 1 aromatic carbocycles. The first-order valence-corrected chi connectivity index (χ1v) is 10.8. The minimum atomic E-state index is -0.709. The maximum absolute atomic E-state index is 12.9. The van der Waals surface area contributed by atoms with Gasteiger partial charge in [-0.25, -0.2) is 4.79 Å². The second-order valence-electron chi connectivity index (χ2n) is 8.43. The van der Waals surface area contributed by atoms with Gasteiger partial charge in [-0.15, -0.1) is 11.8 Å². The third-order valence-corrected chi connectivity index (χ3v) is 6.54. The molecule has 3 rings (SSSR count). The van der Waals surface area contributed by atoms with Crippen LogP contribution in [-0.2, 0) is 19.1 Å². The molecule has 0 aliphatic carbocycles. The zero-order chi connectivity index (χ0) is 21.3. The number of thioether (sulfide) groups is 1. The quantitative estimate of drug-likeness (QED) is 0.566. The molecule has 1 amide bonds. The zero-order valence-corrected chi connectivity index (χ0v) is 18.0. The number of aliphatic hydroxyl groups excluding tert-OH is 1. The van der Waals surface area contributed by atoms with Gasteiger partial charge in [0.25, 0.3) is 0 Å². The number of hydrogen-bond donors (Lipinski definition) is 1. The minimum Gasteiger partial charge on any atom is -0.455 e. The van der Waals surface area contributed by atoms with Gasteiger partial charge in [0.05, 0.1) is 17.9 Å². The number of carbonyl (C=O) groups is 3. The van der Waals surface area contributed by atoms with Gasteiger partial charge in [0.1, 0.15) is 17.1 Å². The van der Waals surface area contributed by atoms with Gasteiger partial charge in [0.2, 0.25) is 5.91 Å². The second kappa shape index (κ2) is 8.32. The number of Topliss-reactive ketones (excluding diaryl/α,β-unsaturated/α-hetero) is 1. The lowest BCUT2D eigenvalue weighted by atomic mass is 9.85. The highest BCUT2D eigenvalue weighted by atomic mass is 32.2. The molecule has 1 N–H and O–H groups in total. The highest BCUT2D eigenvalue weighted by Gasteiger charge is 2.54. The molecule has 156 valence electrons. The molecule has 0 bridgehead atoms. The van der Waals surface area contributed by atoms with Gasteiger partial charge in [0.15, 0.2) is 0 Å². The average Bonchev–Trinajstić information content (AvgIpc) is 2.69. The number of nitrogens with zero attached hydrogens (tertiary/aromatic N) is 1. The fourth-order valence-corrected chi connectivity index (χ4v) is 4.98. The van der Waals surface area contributed by atoms with Crippen LogP contribution in [0.3, 0.4) is 0 Å². The molecule has 2 heterocycles. The van der Waals surface area contributed by atoms with E-state index in [1.165, 1.54) is 16.7 Å². The Labute approximate surface area is 175 Å². The third-order valence-electron chi connectivity index (χ3n) is 5.14. The van der Waals surface area contributed by atoms with E-state index in [2.05, 4.69) is 0 Å². The van der Waals surface area contributed by atoms with Crippen LogP contribution in [0.4, 0.5) is 0 Å². The van der Waals surface area contributed by atoms with E-state index >= 15 is 0 Å². The van der Waals surface area contributed by atoms with Gasteiger partial charge in [-0.2, -0.15) is 0 Å². The van der Waals surface area contributed by atoms with E-state index in [1.807, 2.05) is 37.3 Å². The number of carbonyl (C=O) groups excluding carboxylic acids is 3. The minimum absolute atomic E-state index is 0.00514. The van der Waals surface area contributed by atoms with Crippen LogP contribution in [0.1, 0.15) is 45.6 Å². The summed E-state index contributed by atoms with van der Waals surface area (Å²) < 4.78 is 5.44. The molecule has 1 aromatic rings. The second-order valence-corrected chi connectivity index (χ2v) is 9.54. The summed E-state index contributed by atoms with van der Waals surface area (Å²) >= 11 is 1.47. The predicted octanol–water partition coefficient (Wildman–Crippen LogP) is 2.87. The van der Waals surface area contributed by atoms with Crippen LogP contribution in [0, 0.1) is 5.92 Å². The summed E-state index contributed by atoms with van der Waals surface area (Å²) in [5.74, 6) is -1.19. The molecular weight excluding hydrogens is 390 g/mol. The summed E-state index contributed by atoms with van der Waals surface area (Å²) in [6.45, 7) is 6.80. The van der Waals surface area contributed by atoms with Gasteiger partial charge in [-0.1, -0.05) is 37.3 Å². The number of benzene rings is 1. The molecule has 1 saturated heterocycles. The highest BCUT2D eigenvalue weighted by molar-refractivity contribution is 8.00. The summed E-state index contributed by atoms with van der Waals surface area (Å²) in [7, 11) is 0. The summed E-state index contributed by atoms with van der Waals surface area (Å²) in [5, 5.41) is 9.38. The molecule has 2 aliphatic rings. The SMILES string of the molecule is CC(C(=O)C[C@@H]1C(=O)N2C(C(=O)OC(C)(C)C)=C(CO)CS[C@H]12)c1ccccc1. The van der Waals surface area contributed by atoms with Crippen LogP contribution in [-0.4, -0.2) is 51.0 Å². The number of β-lactam (4-membered cyclic amide) rings is 1. The molecule has 29 heavy (non-hydrogen) atoms. The van der Waals surface area contributed by atoms with E-state index < -0.39 is 17.5 Å². The number of ketones is 1. The van der Waals surface area contributed by atoms with Crippen LogP contribution in [0.25, 0.3) is 0 Å². The number of rotatable bonds is 6. The van der Waals surface area contributed by atoms with Crippen molar-refractivity contribution in [2.45, 2.75) is 51.0 Å². The molecule has 6 nitrogen and oxygen atoms in total. The smallest absolute Gasteiger partial charge is 0.355 e. The average molecular weight is 418 g/mol. The van der Waals surface area contributed by atoms with E-state index in [9.17, 15) is 19.5 Å². The molecule has 3 atom stereocenters. The molecule has 2 aliphatic heterocycles. The number of hydrogen-bond acceptors (Lipinski definition) is 6. The number of aliphatic hydroxyl groups is 1. The maximum atomic E-state index is 12.9. The number of esters is 1. The molecule has 7 heteroatoms. The Morgan fingerprint density at radius 3 is 2.52 bits per heavy atom. The third kappa shape index (κ3) is 4.41. The van der Waals surface area contributed by atoms with E-state index in [0.717, 1.165) is 5.56 Å². The topological polar surface area (TPSA) is 83.9 Å². The summed E-state index contributed by atoms with van der Waals surface area (Å²) in [5.41, 5.74) is 0.834. The van der Waals surface area contributed by atoms with Crippen molar-refractivity contribution in [3.8, 4) is 0 Å². The summed E-state index contributed by atoms with van der Waals surface area (Å²) in [4.78, 5) is 39.7. The lowest BCUT2D eigenvalue weighted by Crippen LogP contribution is -2.62. The van der Waals surface area contributed by atoms with Crippen molar-refractivity contribution in [1.29, 1.82) is 0 Å². The standard InChI is InChI=1S/C22H27NO5S/c1-13(14-8-6-5-7-9-14)17(25)10-16-19(26)23-18(21(27)28-22(2,3)4)15(11-24)12-29-20(16)23/h5-9,13,16,20,24H,10-12H2,1-4H3/t13?,16-,20-/m1/s1. The molecule has 0 aromatic heterocycles. The van der Waals surface area contributed by atoms with Crippen molar-refractivity contribution >= 4 is 29.4 Å². The highest BCUT2D eigenvalue weighted by Crippen LogP contribution is 2.46. The Balaban J connectivity index is 1.75. The van der Waals surface area contributed by atoms with E-state index in [-0.39, 0.29) is 41.7 Å².